The lowest BCUT2D eigenvalue weighted by molar-refractivity contribution is -0.159. The monoisotopic (exact) mass is 489 g/mol. The maximum absolute atomic E-state index is 13.5. The number of carbonyl (C=O) groups is 3. The number of aliphatic carboxylic acids is 2. The third-order valence-corrected chi connectivity index (χ3v) is 6.41. The second kappa shape index (κ2) is 10.5. The molecule has 9 heteroatoms. The first-order valence-electron chi connectivity index (χ1n) is 11.5. The Morgan fingerprint density at radius 2 is 1.83 bits per heavy atom. The Kier molecular flexibility index (Phi) is 7.19. The van der Waals surface area contributed by atoms with Crippen molar-refractivity contribution >= 4 is 28.6 Å². The molecule has 5 rings (SSSR count). The third-order valence-electron chi connectivity index (χ3n) is 6.41. The summed E-state index contributed by atoms with van der Waals surface area (Å²) in [5.74, 6) is -1.70. The molecule has 0 bridgehead atoms. The first kappa shape index (κ1) is 24.7. The minimum absolute atomic E-state index is 0.0232. The van der Waals surface area contributed by atoms with Gasteiger partial charge in [-0.3, -0.25) is 4.79 Å². The smallest absolute Gasteiger partial charge is 0.414 e. The number of carboxylic acid groups (broad SMARTS) is 2. The highest BCUT2D eigenvalue weighted by Crippen LogP contribution is 2.36. The Morgan fingerprint density at radius 3 is 2.47 bits per heavy atom. The number of aromatic nitrogens is 3. The van der Waals surface area contributed by atoms with Crippen molar-refractivity contribution in [1.29, 1.82) is 0 Å². The molecule has 2 N–H and O–H groups in total. The van der Waals surface area contributed by atoms with Gasteiger partial charge < -0.3 is 24.1 Å². The third kappa shape index (κ3) is 5.14. The van der Waals surface area contributed by atoms with Gasteiger partial charge in [0.15, 0.2) is 5.78 Å². The van der Waals surface area contributed by atoms with Crippen LogP contribution in [0.3, 0.4) is 0 Å². The number of hydrogen-bond acceptors (Lipinski definition) is 5. The van der Waals surface area contributed by atoms with Gasteiger partial charge in [0.1, 0.15) is 18.2 Å². The van der Waals surface area contributed by atoms with Gasteiger partial charge >= 0.3 is 11.9 Å². The Balaban J connectivity index is 0.000000455. The number of ether oxygens (including phenoxy) is 1. The molecule has 9 nitrogen and oxygen atoms in total. The highest BCUT2D eigenvalue weighted by atomic mass is 16.5. The molecule has 0 saturated carbocycles. The molecule has 186 valence electrons. The van der Waals surface area contributed by atoms with Crippen LogP contribution in [0.4, 0.5) is 0 Å². The Bertz CT molecular complexity index is 1410. The second-order valence-electron chi connectivity index (χ2n) is 8.67. The Hall–Kier alpha value is -4.40. The number of Topliss-reactive ketones (excluding diaryl/α,β-unsaturated/α-hetero) is 1. The van der Waals surface area contributed by atoms with E-state index in [0.717, 1.165) is 52.1 Å². The number of carbonyl (C=O) groups excluding carboxylic acids is 1. The van der Waals surface area contributed by atoms with Crippen LogP contribution < -0.4 is 4.74 Å². The zero-order valence-corrected chi connectivity index (χ0v) is 20.0. The molecule has 2 aromatic carbocycles. The molecular formula is C27H27N3O6. The Morgan fingerprint density at radius 1 is 1.11 bits per heavy atom. The number of ketones is 1. The van der Waals surface area contributed by atoms with Crippen LogP contribution >= 0.6 is 0 Å². The summed E-state index contributed by atoms with van der Waals surface area (Å²) in [6.45, 7) is 3.18. The van der Waals surface area contributed by atoms with Gasteiger partial charge in [0, 0.05) is 54.1 Å². The van der Waals surface area contributed by atoms with Gasteiger partial charge in [0.25, 0.3) is 0 Å². The van der Waals surface area contributed by atoms with Crippen molar-refractivity contribution < 1.29 is 29.3 Å². The fraction of sp³-hybridized carbons (Fsp3) is 0.259. The normalized spacial score (nSPS) is 14.6. The van der Waals surface area contributed by atoms with Gasteiger partial charge in [0.2, 0.25) is 0 Å². The molecule has 0 radical (unpaired) electrons. The maximum Gasteiger partial charge on any atom is 0.414 e. The molecule has 0 aliphatic heterocycles. The number of benzene rings is 2. The van der Waals surface area contributed by atoms with Crippen molar-refractivity contribution in [3.8, 4) is 5.75 Å². The minimum atomic E-state index is -1.82. The van der Waals surface area contributed by atoms with E-state index in [-0.39, 0.29) is 11.7 Å². The van der Waals surface area contributed by atoms with Crippen molar-refractivity contribution in [1.82, 2.24) is 14.1 Å². The SMILES string of the molecule is Cc1nccn1CC1CCc2c(c3cc(OCc4ccccc4)ccc3n2C)C1=O.O=C(O)C(=O)O. The van der Waals surface area contributed by atoms with Crippen LogP contribution in [0.1, 0.15) is 33.9 Å². The molecule has 36 heavy (non-hydrogen) atoms. The summed E-state index contributed by atoms with van der Waals surface area (Å²) in [5.41, 5.74) is 4.21. The van der Waals surface area contributed by atoms with Crippen LogP contribution in [-0.2, 0) is 36.2 Å². The average Bonchev–Trinajstić information content (AvgIpc) is 3.40. The van der Waals surface area contributed by atoms with Crippen LogP contribution in [0.5, 0.6) is 5.75 Å². The predicted molar refractivity (Wildman–Crippen MR) is 132 cm³/mol. The second-order valence-corrected chi connectivity index (χ2v) is 8.67. The summed E-state index contributed by atoms with van der Waals surface area (Å²) in [5, 5.41) is 15.8. The summed E-state index contributed by atoms with van der Waals surface area (Å²) in [6.07, 6.45) is 5.52. The summed E-state index contributed by atoms with van der Waals surface area (Å²) in [6, 6.07) is 16.2. The summed E-state index contributed by atoms with van der Waals surface area (Å²) < 4.78 is 10.3. The number of fused-ring (bicyclic) bond motifs is 3. The number of aryl methyl sites for hydroxylation is 2. The van der Waals surface area contributed by atoms with Gasteiger partial charge in [-0.1, -0.05) is 30.3 Å². The largest absolute Gasteiger partial charge is 0.489 e. The summed E-state index contributed by atoms with van der Waals surface area (Å²) in [7, 11) is 2.05. The molecule has 4 aromatic rings. The Labute approximate surface area is 207 Å². The van der Waals surface area contributed by atoms with Gasteiger partial charge in [-0.2, -0.15) is 0 Å². The van der Waals surface area contributed by atoms with Crippen LogP contribution in [0.25, 0.3) is 10.9 Å². The predicted octanol–water partition coefficient (Wildman–Crippen LogP) is 3.86. The van der Waals surface area contributed by atoms with Crippen LogP contribution in [0.15, 0.2) is 60.9 Å². The van der Waals surface area contributed by atoms with Crippen molar-refractivity contribution in [2.45, 2.75) is 32.9 Å². The quantitative estimate of drug-likeness (QED) is 0.408. The highest BCUT2D eigenvalue weighted by Gasteiger charge is 2.32. The van der Waals surface area contributed by atoms with Gasteiger partial charge in [-0.05, 0) is 43.5 Å². The molecule has 2 aromatic heterocycles. The van der Waals surface area contributed by atoms with E-state index in [1.165, 1.54) is 0 Å². The van der Waals surface area contributed by atoms with Crippen LogP contribution in [0, 0.1) is 12.8 Å². The van der Waals surface area contributed by atoms with Crippen molar-refractivity contribution in [3.63, 3.8) is 0 Å². The number of imidazole rings is 1. The standard InChI is InChI=1S/C25H25N3O2.C2H2O4/c1-17-26-12-13-28(17)15-19-8-10-23-24(25(19)29)21-14-20(9-11-22(21)27(23)2)30-16-18-6-4-3-5-7-18;3-1(4)2(5)6/h3-7,9,11-14,19H,8,10,15-16H2,1-2H3;(H,3,4)(H,5,6). The van der Waals surface area contributed by atoms with E-state index in [1.54, 1.807) is 6.20 Å². The van der Waals surface area contributed by atoms with Crippen LogP contribution in [-0.4, -0.2) is 42.1 Å². The zero-order valence-electron chi connectivity index (χ0n) is 20.0. The molecule has 1 unspecified atom stereocenters. The number of rotatable bonds is 5. The molecule has 1 atom stereocenters. The average molecular weight is 490 g/mol. The molecule has 0 amide bonds. The van der Waals surface area contributed by atoms with E-state index in [1.807, 2.05) is 43.5 Å². The fourth-order valence-corrected chi connectivity index (χ4v) is 4.53. The van der Waals surface area contributed by atoms with Crippen molar-refractivity contribution in [2.24, 2.45) is 13.0 Å². The first-order chi connectivity index (χ1) is 17.3. The lowest BCUT2D eigenvalue weighted by Crippen LogP contribution is -2.27. The molecule has 1 aliphatic carbocycles. The number of carboxylic acids is 2. The molecule has 2 heterocycles. The van der Waals surface area contributed by atoms with E-state index in [4.69, 9.17) is 24.5 Å². The van der Waals surface area contributed by atoms with Gasteiger partial charge in [-0.25, -0.2) is 14.6 Å². The topological polar surface area (TPSA) is 124 Å². The maximum atomic E-state index is 13.5. The number of hydrogen-bond donors (Lipinski definition) is 2. The van der Waals surface area contributed by atoms with Gasteiger partial charge in [-0.15, -0.1) is 0 Å². The van der Waals surface area contributed by atoms with E-state index in [9.17, 15) is 4.79 Å². The van der Waals surface area contributed by atoms with Crippen LogP contribution in [0.2, 0.25) is 0 Å². The zero-order chi connectivity index (χ0) is 25.8. The van der Waals surface area contributed by atoms with Crippen molar-refractivity contribution in [2.75, 3.05) is 0 Å². The minimum Gasteiger partial charge on any atom is -0.489 e. The highest BCUT2D eigenvalue weighted by molar-refractivity contribution is 6.27. The van der Waals surface area contributed by atoms with Crippen molar-refractivity contribution in [3.05, 3.63) is 83.6 Å². The van der Waals surface area contributed by atoms with Gasteiger partial charge in [0.05, 0.1) is 0 Å². The molecule has 1 aliphatic rings. The molecule has 0 spiro atoms. The summed E-state index contributed by atoms with van der Waals surface area (Å²) >= 11 is 0. The number of nitrogens with zero attached hydrogens (tertiary/aromatic N) is 3. The summed E-state index contributed by atoms with van der Waals surface area (Å²) in [4.78, 5) is 36.0. The molecule has 0 fully saturated rings. The van der Waals surface area contributed by atoms with E-state index >= 15 is 0 Å². The fourth-order valence-electron chi connectivity index (χ4n) is 4.53. The van der Waals surface area contributed by atoms with E-state index < -0.39 is 11.9 Å². The van der Waals surface area contributed by atoms with E-state index in [2.05, 4.69) is 39.4 Å². The molecule has 0 saturated heterocycles. The first-order valence-corrected chi connectivity index (χ1v) is 11.5. The lowest BCUT2D eigenvalue weighted by atomic mass is 9.85. The van der Waals surface area contributed by atoms with E-state index in [0.29, 0.717) is 13.2 Å². The molecular weight excluding hydrogens is 462 g/mol. The lowest BCUT2D eigenvalue weighted by Gasteiger charge is -2.23.